The number of piperidine rings is 1. The van der Waals surface area contributed by atoms with Crippen molar-refractivity contribution in [3.63, 3.8) is 0 Å². The van der Waals surface area contributed by atoms with Gasteiger partial charge in [-0.05, 0) is 34.8 Å². The van der Waals surface area contributed by atoms with Crippen molar-refractivity contribution in [1.82, 2.24) is 9.88 Å². The fraction of sp³-hybridized carbons (Fsp3) is 0.412. The number of aromatic nitrogens is 1. The topological polar surface area (TPSA) is 109 Å². The molecule has 0 spiro atoms. The molecule has 26 heavy (non-hydrogen) atoms. The summed E-state index contributed by atoms with van der Waals surface area (Å²) in [5.74, 6) is -0.740. The predicted molar refractivity (Wildman–Crippen MR) is 95.6 cm³/mol. The number of likely N-dealkylation sites (tertiary alicyclic amines) is 1. The molecular formula is C17H18BrN3O5. The summed E-state index contributed by atoms with van der Waals surface area (Å²) < 4.78 is 5.13. The molecule has 1 saturated heterocycles. The third-order valence-electron chi connectivity index (χ3n) is 5.00. The zero-order valence-corrected chi connectivity index (χ0v) is 15.7. The lowest BCUT2D eigenvalue weighted by Crippen LogP contribution is -2.45. The van der Waals surface area contributed by atoms with Crippen molar-refractivity contribution < 1.29 is 24.2 Å². The Morgan fingerprint density at radius 2 is 2.23 bits per heavy atom. The van der Waals surface area contributed by atoms with Gasteiger partial charge in [-0.2, -0.15) is 0 Å². The molecule has 1 aliphatic heterocycles. The summed E-state index contributed by atoms with van der Waals surface area (Å²) in [5.41, 5.74) is 0.164. The summed E-state index contributed by atoms with van der Waals surface area (Å²) in [4.78, 5) is 41.3. The summed E-state index contributed by atoms with van der Waals surface area (Å²) in [6, 6.07) is 2.26. The number of nitrogens with zero attached hydrogens (tertiary/aromatic N) is 2. The second-order valence-corrected chi connectivity index (χ2v) is 7.26. The van der Waals surface area contributed by atoms with Gasteiger partial charge in [0.2, 0.25) is 5.91 Å². The zero-order chi connectivity index (χ0) is 19.1. The van der Waals surface area contributed by atoms with E-state index in [1.54, 1.807) is 18.2 Å². The first-order valence-electron chi connectivity index (χ1n) is 7.99. The van der Waals surface area contributed by atoms with Crippen LogP contribution in [0.3, 0.4) is 0 Å². The molecule has 2 N–H and O–H groups in total. The molecule has 0 bridgehead atoms. The number of esters is 1. The molecule has 2 aliphatic rings. The molecule has 2 heterocycles. The molecule has 2 fully saturated rings. The van der Waals surface area contributed by atoms with Crippen LogP contribution < -0.4 is 5.32 Å². The Hall–Kier alpha value is -2.42. The van der Waals surface area contributed by atoms with E-state index in [1.807, 2.05) is 0 Å². The molecule has 3 rings (SSSR count). The van der Waals surface area contributed by atoms with Crippen molar-refractivity contribution in [2.24, 2.45) is 5.41 Å². The number of anilines is 1. The van der Waals surface area contributed by atoms with Gasteiger partial charge < -0.3 is 15.2 Å². The van der Waals surface area contributed by atoms with Crippen LogP contribution in [0, 0.1) is 5.41 Å². The molecule has 1 aliphatic carbocycles. The zero-order valence-electron chi connectivity index (χ0n) is 14.1. The third-order valence-corrected chi connectivity index (χ3v) is 5.44. The molecule has 1 aromatic rings. The number of carbonyl (C=O) groups is 3. The fourth-order valence-corrected chi connectivity index (χ4v) is 3.81. The number of pyridine rings is 1. The number of nitrogens with one attached hydrogen (secondary N) is 1. The summed E-state index contributed by atoms with van der Waals surface area (Å²) in [6.07, 6.45) is 1.63. The van der Waals surface area contributed by atoms with E-state index in [2.05, 4.69) is 37.5 Å². The molecule has 0 radical (unpaired) electrons. The minimum absolute atomic E-state index is 0.0566. The van der Waals surface area contributed by atoms with Gasteiger partial charge in [0.15, 0.2) is 0 Å². The van der Waals surface area contributed by atoms with Crippen molar-refractivity contribution in [2.45, 2.75) is 31.3 Å². The first-order valence-corrected chi connectivity index (χ1v) is 8.78. The van der Waals surface area contributed by atoms with Crippen LogP contribution in [0.2, 0.25) is 0 Å². The van der Waals surface area contributed by atoms with E-state index in [4.69, 9.17) is 0 Å². The molecule has 0 aromatic carbocycles. The van der Waals surface area contributed by atoms with Gasteiger partial charge in [-0.3, -0.25) is 14.5 Å². The average Bonchev–Trinajstić information content (AvgIpc) is 3.21. The van der Waals surface area contributed by atoms with Gasteiger partial charge in [0.25, 0.3) is 0 Å². The number of hydrogen-bond acceptors (Lipinski definition) is 5. The van der Waals surface area contributed by atoms with E-state index in [-0.39, 0.29) is 23.7 Å². The highest BCUT2D eigenvalue weighted by Crippen LogP contribution is 2.60. The minimum Gasteiger partial charge on any atom is -0.469 e. The monoisotopic (exact) mass is 423 g/mol. The predicted octanol–water partition coefficient (Wildman–Crippen LogP) is 2.20. The Morgan fingerprint density at radius 3 is 2.85 bits per heavy atom. The number of fused-ring (bicyclic) bond motifs is 1. The number of ether oxygens (including phenoxy) is 1. The molecule has 8 nitrogen and oxygen atoms in total. The standard InChI is InChI=1S/C17H18BrN3O5/c1-3-17-7-10(21(16(24)25)11(17)8-17)15(23)20-14-9(6-13(22)26-2)4-5-12(18)19-14/h3-5,10-11H,1,6-8H2,2H3,(H,24,25)(H,19,20,23)/t10-,11+,17-/m0/s1. The number of halogens is 1. The third kappa shape index (κ3) is 3.18. The first-order chi connectivity index (χ1) is 12.3. The molecular weight excluding hydrogens is 406 g/mol. The Morgan fingerprint density at radius 1 is 1.50 bits per heavy atom. The number of rotatable bonds is 5. The maximum absolute atomic E-state index is 12.8. The van der Waals surface area contributed by atoms with Crippen molar-refractivity contribution in [2.75, 3.05) is 12.4 Å². The average molecular weight is 424 g/mol. The first kappa shape index (κ1) is 18.4. The van der Waals surface area contributed by atoms with Crippen LogP contribution in [0.15, 0.2) is 29.4 Å². The van der Waals surface area contributed by atoms with E-state index in [1.165, 1.54) is 12.0 Å². The van der Waals surface area contributed by atoms with Crippen molar-refractivity contribution in [1.29, 1.82) is 0 Å². The van der Waals surface area contributed by atoms with Crippen LogP contribution in [-0.2, 0) is 20.7 Å². The quantitative estimate of drug-likeness (QED) is 0.426. The van der Waals surface area contributed by atoms with E-state index >= 15 is 0 Å². The molecule has 2 amide bonds. The normalized spacial score (nSPS) is 26.0. The van der Waals surface area contributed by atoms with Crippen LogP contribution in [0.5, 0.6) is 0 Å². The molecule has 3 atom stereocenters. The van der Waals surface area contributed by atoms with Gasteiger partial charge in [0.1, 0.15) is 16.5 Å². The van der Waals surface area contributed by atoms with Crippen LogP contribution in [0.1, 0.15) is 18.4 Å². The van der Waals surface area contributed by atoms with Gasteiger partial charge in [-0.25, -0.2) is 9.78 Å². The molecule has 0 unspecified atom stereocenters. The largest absolute Gasteiger partial charge is 0.469 e. The second kappa shape index (κ2) is 6.71. The molecule has 9 heteroatoms. The number of methoxy groups -OCH3 is 1. The lowest BCUT2D eigenvalue weighted by Gasteiger charge is -2.24. The summed E-state index contributed by atoms with van der Waals surface area (Å²) >= 11 is 3.23. The maximum Gasteiger partial charge on any atom is 0.408 e. The van der Waals surface area contributed by atoms with E-state index < -0.39 is 24.0 Å². The van der Waals surface area contributed by atoms with E-state index in [0.717, 1.165) is 0 Å². The summed E-state index contributed by atoms with van der Waals surface area (Å²) in [6.45, 7) is 3.77. The van der Waals surface area contributed by atoms with E-state index in [9.17, 15) is 19.5 Å². The number of hydrogen-bond donors (Lipinski definition) is 2. The summed E-state index contributed by atoms with van der Waals surface area (Å²) in [7, 11) is 1.27. The van der Waals surface area contributed by atoms with Crippen LogP contribution >= 0.6 is 15.9 Å². The highest BCUT2D eigenvalue weighted by Gasteiger charge is 2.66. The Kier molecular flexibility index (Phi) is 4.74. The second-order valence-electron chi connectivity index (χ2n) is 6.45. The molecule has 1 aromatic heterocycles. The van der Waals surface area contributed by atoms with Gasteiger partial charge in [0, 0.05) is 17.0 Å². The Balaban J connectivity index is 1.82. The summed E-state index contributed by atoms with van der Waals surface area (Å²) in [5, 5.41) is 12.1. The maximum atomic E-state index is 12.8. The fourth-order valence-electron chi connectivity index (χ4n) is 3.50. The SMILES string of the molecule is C=C[C@@]12C[C@@H](C(=O)Nc3nc(Br)ccc3CC(=O)OC)N(C(=O)O)[C@@H]1C2. The Bertz CT molecular complexity index is 799. The van der Waals surface area contributed by atoms with Crippen molar-refractivity contribution >= 4 is 39.7 Å². The van der Waals surface area contributed by atoms with Gasteiger partial charge in [-0.1, -0.05) is 12.1 Å². The minimum atomic E-state index is -1.13. The number of carboxylic acid groups (broad SMARTS) is 1. The molecule has 1 saturated carbocycles. The lowest BCUT2D eigenvalue weighted by atomic mass is 9.99. The van der Waals surface area contributed by atoms with Crippen LogP contribution in [0.4, 0.5) is 10.6 Å². The van der Waals surface area contributed by atoms with Crippen LogP contribution in [-0.4, -0.2) is 52.2 Å². The van der Waals surface area contributed by atoms with Crippen molar-refractivity contribution in [3.05, 3.63) is 35.0 Å². The van der Waals surface area contributed by atoms with Gasteiger partial charge in [0.05, 0.1) is 13.5 Å². The molecule has 138 valence electrons. The highest BCUT2D eigenvalue weighted by atomic mass is 79.9. The van der Waals surface area contributed by atoms with Gasteiger partial charge in [-0.15, -0.1) is 6.58 Å². The van der Waals surface area contributed by atoms with Crippen LogP contribution in [0.25, 0.3) is 0 Å². The highest BCUT2D eigenvalue weighted by molar-refractivity contribution is 9.10. The smallest absolute Gasteiger partial charge is 0.408 e. The van der Waals surface area contributed by atoms with Crippen molar-refractivity contribution in [3.8, 4) is 0 Å². The number of amides is 2. The Labute approximate surface area is 158 Å². The van der Waals surface area contributed by atoms with E-state index in [0.29, 0.717) is 23.0 Å². The number of carbonyl (C=O) groups excluding carboxylic acids is 2. The lowest BCUT2D eigenvalue weighted by molar-refractivity contribution is -0.139. The van der Waals surface area contributed by atoms with Gasteiger partial charge >= 0.3 is 12.1 Å².